The van der Waals surface area contributed by atoms with E-state index in [1.807, 2.05) is 0 Å². The summed E-state index contributed by atoms with van der Waals surface area (Å²) in [5.41, 5.74) is 0.210. The van der Waals surface area contributed by atoms with E-state index in [0.29, 0.717) is 6.54 Å². The Morgan fingerprint density at radius 2 is 2.23 bits per heavy atom. The summed E-state index contributed by atoms with van der Waals surface area (Å²) < 4.78 is 41.9. The van der Waals surface area contributed by atoms with Gasteiger partial charge in [0.1, 0.15) is 16.4 Å². The average molecular weight is 324 g/mol. The summed E-state index contributed by atoms with van der Waals surface area (Å²) in [6.45, 7) is 1.25. The lowest BCUT2D eigenvalue weighted by Crippen LogP contribution is -2.37. The SMILES string of the molecule is O=S(=O)(NCC1CCCN1)c1cnn(-c2ccccc2F)c1. The highest BCUT2D eigenvalue weighted by atomic mass is 32.2. The maximum Gasteiger partial charge on any atom is 0.243 e. The second-order valence-electron chi connectivity index (χ2n) is 5.22. The molecule has 1 unspecified atom stereocenters. The summed E-state index contributed by atoms with van der Waals surface area (Å²) in [7, 11) is -3.64. The number of para-hydroxylation sites is 1. The first-order chi connectivity index (χ1) is 10.6. The fourth-order valence-electron chi connectivity index (χ4n) is 2.44. The molecule has 1 aromatic carbocycles. The number of nitrogens with zero attached hydrogens (tertiary/aromatic N) is 2. The minimum Gasteiger partial charge on any atom is -0.313 e. The molecule has 1 aliphatic rings. The van der Waals surface area contributed by atoms with Gasteiger partial charge in [0.05, 0.1) is 12.4 Å². The van der Waals surface area contributed by atoms with Crippen molar-refractivity contribution in [3.63, 3.8) is 0 Å². The van der Waals surface area contributed by atoms with Crippen LogP contribution in [0.25, 0.3) is 5.69 Å². The Morgan fingerprint density at radius 3 is 2.95 bits per heavy atom. The van der Waals surface area contributed by atoms with Crippen LogP contribution in [0.2, 0.25) is 0 Å². The Hall–Kier alpha value is -1.77. The van der Waals surface area contributed by atoms with Crippen LogP contribution in [-0.2, 0) is 10.0 Å². The third-order valence-corrected chi connectivity index (χ3v) is 5.03. The number of aromatic nitrogens is 2. The van der Waals surface area contributed by atoms with Gasteiger partial charge in [0.15, 0.2) is 0 Å². The molecule has 0 bridgehead atoms. The summed E-state index contributed by atoms with van der Waals surface area (Å²) >= 11 is 0. The minimum absolute atomic E-state index is 0.0220. The van der Waals surface area contributed by atoms with Crippen molar-refractivity contribution in [2.24, 2.45) is 0 Å². The van der Waals surface area contributed by atoms with Crippen LogP contribution in [0.1, 0.15) is 12.8 Å². The van der Waals surface area contributed by atoms with Gasteiger partial charge < -0.3 is 5.32 Å². The van der Waals surface area contributed by atoms with Crippen molar-refractivity contribution in [2.45, 2.75) is 23.8 Å². The molecular formula is C14H17FN4O2S. The van der Waals surface area contributed by atoms with Crippen LogP contribution >= 0.6 is 0 Å². The van der Waals surface area contributed by atoms with E-state index in [1.54, 1.807) is 12.1 Å². The maximum absolute atomic E-state index is 13.7. The molecule has 2 aromatic rings. The molecule has 8 heteroatoms. The first kappa shape index (κ1) is 15.1. The molecule has 0 spiro atoms. The molecule has 6 nitrogen and oxygen atoms in total. The highest BCUT2D eigenvalue weighted by Gasteiger charge is 2.21. The molecule has 2 heterocycles. The second-order valence-corrected chi connectivity index (χ2v) is 6.98. The molecule has 0 amide bonds. The molecule has 22 heavy (non-hydrogen) atoms. The van der Waals surface area contributed by atoms with Gasteiger partial charge in [-0.05, 0) is 31.5 Å². The summed E-state index contributed by atoms with van der Waals surface area (Å²) in [6, 6.07) is 6.23. The number of nitrogens with one attached hydrogen (secondary N) is 2. The lowest BCUT2D eigenvalue weighted by molar-refractivity contribution is 0.551. The number of hydrogen-bond acceptors (Lipinski definition) is 4. The predicted molar refractivity (Wildman–Crippen MR) is 79.7 cm³/mol. The van der Waals surface area contributed by atoms with Crippen LogP contribution in [0.15, 0.2) is 41.6 Å². The lowest BCUT2D eigenvalue weighted by Gasteiger charge is -2.10. The number of halogens is 1. The molecule has 0 saturated carbocycles. The fraction of sp³-hybridized carbons (Fsp3) is 0.357. The van der Waals surface area contributed by atoms with Gasteiger partial charge in [-0.3, -0.25) is 0 Å². The molecule has 1 aliphatic heterocycles. The molecular weight excluding hydrogens is 307 g/mol. The number of rotatable bonds is 5. The number of benzene rings is 1. The quantitative estimate of drug-likeness (QED) is 0.862. The highest BCUT2D eigenvalue weighted by molar-refractivity contribution is 7.89. The normalized spacial score (nSPS) is 18.7. The van der Waals surface area contributed by atoms with Gasteiger partial charge in [-0.25, -0.2) is 22.2 Å². The monoisotopic (exact) mass is 324 g/mol. The summed E-state index contributed by atoms with van der Waals surface area (Å²) in [5.74, 6) is -0.460. The van der Waals surface area contributed by atoms with Gasteiger partial charge in [-0.1, -0.05) is 12.1 Å². The van der Waals surface area contributed by atoms with Crippen molar-refractivity contribution in [3.8, 4) is 5.69 Å². The molecule has 0 aliphatic carbocycles. The van der Waals surface area contributed by atoms with Crippen LogP contribution in [0.3, 0.4) is 0 Å². The smallest absolute Gasteiger partial charge is 0.243 e. The Morgan fingerprint density at radius 1 is 1.41 bits per heavy atom. The van der Waals surface area contributed by atoms with Crippen molar-refractivity contribution >= 4 is 10.0 Å². The average Bonchev–Trinajstić information content (AvgIpc) is 3.18. The van der Waals surface area contributed by atoms with E-state index in [0.717, 1.165) is 19.4 Å². The van der Waals surface area contributed by atoms with Gasteiger partial charge >= 0.3 is 0 Å². The summed E-state index contributed by atoms with van der Waals surface area (Å²) in [4.78, 5) is 0.0220. The third kappa shape index (κ3) is 3.18. The molecule has 1 atom stereocenters. The Balaban J connectivity index is 1.76. The van der Waals surface area contributed by atoms with Gasteiger partial charge in [0.2, 0.25) is 10.0 Å². The van der Waals surface area contributed by atoms with E-state index < -0.39 is 15.8 Å². The van der Waals surface area contributed by atoms with Crippen molar-refractivity contribution in [2.75, 3.05) is 13.1 Å². The van der Waals surface area contributed by atoms with Crippen LogP contribution in [0.5, 0.6) is 0 Å². The molecule has 118 valence electrons. The maximum atomic E-state index is 13.7. The highest BCUT2D eigenvalue weighted by Crippen LogP contribution is 2.15. The van der Waals surface area contributed by atoms with Crippen LogP contribution in [-0.4, -0.2) is 37.3 Å². The Bertz CT molecular complexity index is 754. The van der Waals surface area contributed by atoms with E-state index in [9.17, 15) is 12.8 Å². The molecule has 2 N–H and O–H groups in total. The summed E-state index contributed by atoms with van der Waals surface area (Å²) in [5, 5.41) is 7.16. The number of hydrogen-bond donors (Lipinski definition) is 2. The molecule has 1 saturated heterocycles. The number of sulfonamides is 1. The van der Waals surface area contributed by atoms with Gasteiger partial charge in [-0.15, -0.1) is 0 Å². The van der Waals surface area contributed by atoms with E-state index in [1.165, 1.54) is 29.2 Å². The first-order valence-electron chi connectivity index (χ1n) is 7.09. The van der Waals surface area contributed by atoms with Crippen LogP contribution < -0.4 is 10.0 Å². The van der Waals surface area contributed by atoms with Crippen molar-refractivity contribution < 1.29 is 12.8 Å². The zero-order valence-electron chi connectivity index (χ0n) is 11.9. The lowest BCUT2D eigenvalue weighted by atomic mass is 10.2. The standard InChI is InChI=1S/C14H17FN4O2S/c15-13-5-1-2-6-14(13)19-10-12(9-17-19)22(20,21)18-8-11-4-3-7-16-11/h1-2,5-6,9-11,16,18H,3-4,7-8H2. The van der Waals surface area contributed by atoms with Crippen LogP contribution in [0, 0.1) is 5.82 Å². The molecule has 3 rings (SSSR count). The van der Waals surface area contributed by atoms with Crippen molar-refractivity contribution in [1.29, 1.82) is 0 Å². The Labute approximate surface area is 128 Å². The molecule has 1 aromatic heterocycles. The largest absolute Gasteiger partial charge is 0.313 e. The summed E-state index contributed by atoms with van der Waals surface area (Å²) in [6.07, 6.45) is 4.54. The minimum atomic E-state index is -3.64. The topological polar surface area (TPSA) is 76.0 Å². The van der Waals surface area contributed by atoms with Crippen molar-refractivity contribution in [1.82, 2.24) is 19.8 Å². The van der Waals surface area contributed by atoms with Crippen LogP contribution in [0.4, 0.5) is 4.39 Å². The fourth-order valence-corrected chi connectivity index (χ4v) is 3.45. The van der Waals surface area contributed by atoms with E-state index in [-0.39, 0.29) is 16.6 Å². The van der Waals surface area contributed by atoms with Gasteiger partial charge in [0, 0.05) is 12.6 Å². The van der Waals surface area contributed by atoms with E-state index >= 15 is 0 Å². The van der Waals surface area contributed by atoms with E-state index in [2.05, 4.69) is 15.1 Å². The predicted octanol–water partition coefficient (Wildman–Crippen LogP) is 1.04. The zero-order chi connectivity index (χ0) is 15.6. The Kier molecular flexibility index (Phi) is 4.23. The van der Waals surface area contributed by atoms with Crippen molar-refractivity contribution in [3.05, 3.63) is 42.5 Å². The first-order valence-corrected chi connectivity index (χ1v) is 8.57. The van der Waals surface area contributed by atoms with E-state index in [4.69, 9.17) is 0 Å². The van der Waals surface area contributed by atoms with Gasteiger partial charge in [-0.2, -0.15) is 5.10 Å². The zero-order valence-corrected chi connectivity index (χ0v) is 12.7. The second kappa shape index (κ2) is 6.15. The molecule has 1 fully saturated rings. The van der Waals surface area contributed by atoms with Gasteiger partial charge in [0.25, 0.3) is 0 Å². The molecule has 0 radical (unpaired) electrons. The third-order valence-electron chi connectivity index (χ3n) is 3.65.